The fourth-order valence-corrected chi connectivity index (χ4v) is 2.72. The van der Waals surface area contributed by atoms with Crippen LogP contribution in [-0.2, 0) is 4.79 Å². The highest BCUT2D eigenvalue weighted by molar-refractivity contribution is 5.85. The Labute approximate surface area is 89.1 Å². The molecule has 0 spiro atoms. The summed E-state index contributed by atoms with van der Waals surface area (Å²) in [5, 5.41) is 21.5. The van der Waals surface area contributed by atoms with Gasteiger partial charge in [0.1, 0.15) is 0 Å². The molecule has 2 unspecified atom stereocenters. The second-order valence-corrected chi connectivity index (χ2v) is 4.52. The van der Waals surface area contributed by atoms with Gasteiger partial charge in [-0.05, 0) is 19.3 Å². The van der Waals surface area contributed by atoms with Crippen LogP contribution < -0.4 is 5.32 Å². The highest BCUT2D eigenvalue weighted by Crippen LogP contribution is 2.51. The highest BCUT2D eigenvalue weighted by atomic mass is 35.5. The highest BCUT2D eigenvalue weighted by Gasteiger charge is 2.54. The number of piperidine rings is 1. The molecule has 1 aliphatic carbocycles. The number of rotatable bonds is 2. The van der Waals surface area contributed by atoms with E-state index in [1.165, 1.54) is 0 Å². The van der Waals surface area contributed by atoms with E-state index >= 15 is 0 Å². The number of nitrogens with one attached hydrogen (secondary N) is 1. The van der Waals surface area contributed by atoms with Crippen LogP contribution in [0.15, 0.2) is 0 Å². The van der Waals surface area contributed by atoms with Gasteiger partial charge in [0.05, 0.1) is 5.41 Å². The SMILES string of the molecule is Cl.O=C(O)C12CCC(CO)(CNC1)C2. The van der Waals surface area contributed by atoms with Gasteiger partial charge in [-0.3, -0.25) is 4.79 Å². The summed E-state index contributed by atoms with van der Waals surface area (Å²) in [5.74, 6) is -0.713. The van der Waals surface area contributed by atoms with E-state index in [0.717, 1.165) is 13.0 Å². The number of fused-ring (bicyclic) bond motifs is 2. The molecule has 1 saturated heterocycles. The second-order valence-electron chi connectivity index (χ2n) is 4.52. The summed E-state index contributed by atoms with van der Waals surface area (Å²) in [6.07, 6.45) is 2.18. The van der Waals surface area contributed by atoms with Gasteiger partial charge in [-0.15, -0.1) is 12.4 Å². The molecular formula is C9H16ClNO3. The molecule has 14 heavy (non-hydrogen) atoms. The van der Waals surface area contributed by atoms with Crippen molar-refractivity contribution in [2.45, 2.75) is 19.3 Å². The van der Waals surface area contributed by atoms with Crippen LogP contribution in [0, 0.1) is 10.8 Å². The van der Waals surface area contributed by atoms with Gasteiger partial charge >= 0.3 is 5.97 Å². The van der Waals surface area contributed by atoms with Gasteiger partial charge in [0, 0.05) is 25.1 Å². The van der Waals surface area contributed by atoms with Crippen molar-refractivity contribution < 1.29 is 15.0 Å². The number of carboxylic acids is 1. The maximum Gasteiger partial charge on any atom is 0.310 e. The van der Waals surface area contributed by atoms with Gasteiger partial charge in [0.15, 0.2) is 0 Å². The topological polar surface area (TPSA) is 69.6 Å². The van der Waals surface area contributed by atoms with E-state index in [-0.39, 0.29) is 24.4 Å². The van der Waals surface area contributed by atoms with Crippen LogP contribution in [-0.4, -0.2) is 35.9 Å². The lowest BCUT2D eigenvalue weighted by Crippen LogP contribution is -2.49. The zero-order chi connectivity index (χ0) is 9.53. The summed E-state index contributed by atoms with van der Waals surface area (Å²) in [7, 11) is 0. The van der Waals surface area contributed by atoms with Gasteiger partial charge < -0.3 is 15.5 Å². The number of hydrogen-bond acceptors (Lipinski definition) is 3. The predicted octanol–water partition coefficient (Wildman–Crippen LogP) is 0.245. The van der Waals surface area contributed by atoms with Crippen molar-refractivity contribution in [3.05, 3.63) is 0 Å². The van der Waals surface area contributed by atoms with E-state index in [1.807, 2.05) is 0 Å². The molecule has 0 aromatic carbocycles. The van der Waals surface area contributed by atoms with Crippen molar-refractivity contribution in [1.29, 1.82) is 0 Å². The van der Waals surface area contributed by atoms with E-state index in [4.69, 9.17) is 5.11 Å². The maximum absolute atomic E-state index is 11.1. The van der Waals surface area contributed by atoms with Crippen LogP contribution >= 0.6 is 12.4 Å². The van der Waals surface area contributed by atoms with Crippen molar-refractivity contribution >= 4 is 18.4 Å². The average molecular weight is 222 g/mol. The molecular weight excluding hydrogens is 206 g/mol. The quantitative estimate of drug-likeness (QED) is 0.625. The van der Waals surface area contributed by atoms with Crippen molar-refractivity contribution in [3.63, 3.8) is 0 Å². The first kappa shape index (κ1) is 11.8. The standard InChI is InChI=1S/C9H15NO3.ClH/c11-6-8-1-2-9(3-8,7(12)13)5-10-4-8;/h10-11H,1-6H2,(H,12,13);1H. The van der Waals surface area contributed by atoms with Crippen LogP contribution in [0.5, 0.6) is 0 Å². The Kier molecular flexibility index (Phi) is 3.09. The molecule has 3 N–H and O–H groups in total. The summed E-state index contributed by atoms with van der Waals surface area (Å²) < 4.78 is 0. The minimum atomic E-state index is -0.713. The van der Waals surface area contributed by atoms with Gasteiger partial charge in [0.25, 0.3) is 0 Å². The Morgan fingerprint density at radius 1 is 1.36 bits per heavy atom. The first-order valence-corrected chi connectivity index (χ1v) is 4.68. The summed E-state index contributed by atoms with van der Waals surface area (Å²) >= 11 is 0. The molecule has 2 bridgehead atoms. The zero-order valence-corrected chi connectivity index (χ0v) is 8.77. The molecule has 0 aromatic heterocycles. The minimum Gasteiger partial charge on any atom is -0.481 e. The van der Waals surface area contributed by atoms with Crippen LogP contribution in [0.2, 0.25) is 0 Å². The first-order valence-electron chi connectivity index (χ1n) is 4.68. The fraction of sp³-hybridized carbons (Fsp3) is 0.889. The molecule has 2 rings (SSSR count). The minimum absolute atomic E-state index is 0. The Morgan fingerprint density at radius 3 is 2.64 bits per heavy atom. The molecule has 82 valence electrons. The summed E-state index contributed by atoms with van der Waals surface area (Å²) in [5.41, 5.74) is -0.752. The van der Waals surface area contributed by atoms with E-state index in [0.29, 0.717) is 19.4 Å². The molecule has 2 fully saturated rings. The normalized spacial score (nSPS) is 40.4. The zero-order valence-electron chi connectivity index (χ0n) is 7.95. The largest absolute Gasteiger partial charge is 0.481 e. The fourth-order valence-electron chi connectivity index (χ4n) is 2.72. The third kappa shape index (κ3) is 1.51. The van der Waals surface area contributed by atoms with Crippen LogP contribution in [0.4, 0.5) is 0 Å². The van der Waals surface area contributed by atoms with Crippen LogP contribution in [0.3, 0.4) is 0 Å². The summed E-state index contributed by atoms with van der Waals surface area (Å²) in [4.78, 5) is 11.1. The third-order valence-electron chi connectivity index (χ3n) is 3.60. The molecule has 0 aromatic rings. The number of aliphatic carboxylic acids is 1. The Bertz CT molecular complexity index is 248. The van der Waals surface area contributed by atoms with E-state index in [2.05, 4.69) is 5.32 Å². The number of hydrogen-bond donors (Lipinski definition) is 3. The first-order chi connectivity index (χ1) is 6.13. The average Bonchev–Trinajstić information content (AvgIpc) is 2.41. The molecule has 1 saturated carbocycles. The Morgan fingerprint density at radius 2 is 2.07 bits per heavy atom. The smallest absolute Gasteiger partial charge is 0.310 e. The summed E-state index contributed by atoms with van der Waals surface area (Å²) in [6, 6.07) is 0. The number of aliphatic hydroxyl groups is 1. The second kappa shape index (κ2) is 3.68. The van der Waals surface area contributed by atoms with Crippen molar-refractivity contribution in [1.82, 2.24) is 5.32 Å². The monoisotopic (exact) mass is 221 g/mol. The lowest BCUT2D eigenvalue weighted by molar-refractivity contribution is -0.150. The van der Waals surface area contributed by atoms with Crippen molar-refractivity contribution in [2.24, 2.45) is 10.8 Å². The third-order valence-corrected chi connectivity index (χ3v) is 3.60. The van der Waals surface area contributed by atoms with Crippen LogP contribution in [0.1, 0.15) is 19.3 Å². The molecule has 1 aliphatic heterocycles. The van der Waals surface area contributed by atoms with Gasteiger partial charge in [-0.25, -0.2) is 0 Å². The van der Waals surface area contributed by atoms with E-state index < -0.39 is 11.4 Å². The van der Waals surface area contributed by atoms with Gasteiger partial charge in [-0.1, -0.05) is 0 Å². The number of carbonyl (C=O) groups is 1. The van der Waals surface area contributed by atoms with E-state index in [1.54, 1.807) is 0 Å². The molecule has 4 nitrogen and oxygen atoms in total. The van der Waals surface area contributed by atoms with E-state index in [9.17, 15) is 9.90 Å². The maximum atomic E-state index is 11.1. The Balaban J connectivity index is 0.000000980. The lowest BCUT2D eigenvalue weighted by Gasteiger charge is -2.36. The predicted molar refractivity (Wildman–Crippen MR) is 53.6 cm³/mol. The number of halogens is 1. The summed E-state index contributed by atoms with van der Waals surface area (Å²) in [6.45, 7) is 1.43. The molecule has 1 heterocycles. The molecule has 2 aliphatic rings. The molecule has 2 atom stereocenters. The van der Waals surface area contributed by atoms with Crippen molar-refractivity contribution in [3.8, 4) is 0 Å². The number of aliphatic hydroxyl groups excluding tert-OH is 1. The van der Waals surface area contributed by atoms with Crippen molar-refractivity contribution in [2.75, 3.05) is 19.7 Å². The molecule has 0 radical (unpaired) electrons. The number of carboxylic acid groups (broad SMARTS) is 1. The molecule has 5 heteroatoms. The Hall–Kier alpha value is -0.320. The van der Waals surface area contributed by atoms with Crippen LogP contribution in [0.25, 0.3) is 0 Å². The lowest BCUT2D eigenvalue weighted by atomic mass is 9.76. The van der Waals surface area contributed by atoms with Gasteiger partial charge in [0.2, 0.25) is 0 Å². The van der Waals surface area contributed by atoms with Gasteiger partial charge in [-0.2, -0.15) is 0 Å². The molecule has 0 amide bonds.